The van der Waals surface area contributed by atoms with Crippen LogP contribution in [0.25, 0.3) is 0 Å². The molecule has 0 spiro atoms. The smallest absolute Gasteiger partial charge is 0.237 e. The summed E-state index contributed by atoms with van der Waals surface area (Å²) in [6.45, 7) is 2.98. The molecule has 0 radical (unpaired) electrons. The van der Waals surface area contributed by atoms with Gasteiger partial charge in [0.15, 0.2) is 0 Å². The molecule has 104 valence electrons. The van der Waals surface area contributed by atoms with Crippen LogP contribution in [0.5, 0.6) is 5.75 Å². The molecule has 1 heterocycles. The Kier molecular flexibility index (Phi) is 4.80. The predicted octanol–water partition coefficient (Wildman–Crippen LogP) is 1.58. The predicted molar refractivity (Wildman–Crippen MR) is 75.1 cm³/mol. The highest BCUT2D eigenvalue weighted by Crippen LogP contribution is 2.12. The summed E-state index contributed by atoms with van der Waals surface area (Å²) in [6.07, 6.45) is 3.83. The quantitative estimate of drug-likeness (QED) is 0.755. The van der Waals surface area contributed by atoms with Gasteiger partial charge in [0.05, 0.1) is 6.04 Å². The molecule has 1 aromatic carbocycles. The number of rotatable bonds is 5. The van der Waals surface area contributed by atoms with E-state index in [4.69, 9.17) is 0 Å². The van der Waals surface area contributed by atoms with Crippen LogP contribution in [0.4, 0.5) is 0 Å². The first-order valence-corrected chi connectivity index (χ1v) is 6.97. The standard InChI is InChI=1S/C15H22N2O2/c1-11(17-15(19)14-3-2-10-16-14)4-5-12-6-8-13(18)9-7-12/h6-9,11,14,16,18H,2-5,10H2,1H3,(H,17,19)/t11?,14-/m0/s1. The van der Waals surface area contributed by atoms with Crippen LogP contribution >= 0.6 is 0 Å². The molecule has 4 heteroatoms. The monoisotopic (exact) mass is 262 g/mol. The van der Waals surface area contributed by atoms with Crippen LogP contribution in [0.3, 0.4) is 0 Å². The van der Waals surface area contributed by atoms with Gasteiger partial charge < -0.3 is 15.7 Å². The molecule has 1 amide bonds. The molecule has 1 aromatic rings. The summed E-state index contributed by atoms with van der Waals surface area (Å²) < 4.78 is 0. The zero-order valence-corrected chi connectivity index (χ0v) is 11.4. The largest absolute Gasteiger partial charge is 0.508 e. The van der Waals surface area contributed by atoms with Crippen molar-refractivity contribution in [2.45, 2.75) is 44.7 Å². The number of phenolic OH excluding ortho intramolecular Hbond substituents is 1. The van der Waals surface area contributed by atoms with Gasteiger partial charge in [-0.2, -0.15) is 0 Å². The van der Waals surface area contributed by atoms with Gasteiger partial charge in [0.25, 0.3) is 0 Å². The number of aryl methyl sites for hydroxylation is 1. The van der Waals surface area contributed by atoms with Gasteiger partial charge in [0.1, 0.15) is 5.75 Å². The zero-order chi connectivity index (χ0) is 13.7. The summed E-state index contributed by atoms with van der Waals surface area (Å²) in [5.74, 6) is 0.410. The Morgan fingerprint density at radius 2 is 2.21 bits per heavy atom. The number of hydrogen-bond donors (Lipinski definition) is 3. The number of benzene rings is 1. The first kappa shape index (κ1) is 13.9. The zero-order valence-electron chi connectivity index (χ0n) is 11.4. The fraction of sp³-hybridized carbons (Fsp3) is 0.533. The fourth-order valence-electron chi connectivity index (χ4n) is 2.37. The van der Waals surface area contributed by atoms with E-state index in [1.54, 1.807) is 12.1 Å². The lowest BCUT2D eigenvalue weighted by atomic mass is 10.1. The topological polar surface area (TPSA) is 61.4 Å². The molecule has 2 atom stereocenters. The van der Waals surface area contributed by atoms with Crippen molar-refractivity contribution < 1.29 is 9.90 Å². The highest BCUT2D eigenvalue weighted by atomic mass is 16.3. The van der Waals surface area contributed by atoms with Gasteiger partial charge in [-0.15, -0.1) is 0 Å². The summed E-state index contributed by atoms with van der Waals surface area (Å²) in [6, 6.07) is 7.40. The van der Waals surface area contributed by atoms with Crippen molar-refractivity contribution in [3.05, 3.63) is 29.8 Å². The van der Waals surface area contributed by atoms with Gasteiger partial charge >= 0.3 is 0 Å². The minimum atomic E-state index is -0.00359. The van der Waals surface area contributed by atoms with E-state index in [2.05, 4.69) is 10.6 Å². The van der Waals surface area contributed by atoms with E-state index < -0.39 is 0 Å². The van der Waals surface area contributed by atoms with E-state index in [9.17, 15) is 9.90 Å². The van der Waals surface area contributed by atoms with Crippen LogP contribution in [0.15, 0.2) is 24.3 Å². The average Bonchev–Trinajstić information content (AvgIpc) is 2.92. The molecule has 3 N–H and O–H groups in total. The molecule has 1 fully saturated rings. The number of nitrogens with one attached hydrogen (secondary N) is 2. The van der Waals surface area contributed by atoms with E-state index >= 15 is 0 Å². The molecule has 19 heavy (non-hydrogen) atoms. The summed E-state index contributed by atoms with van der Waals surface area (Å²) in [5, 5.41) is 15.5. The van der Waals surface area contributed by atoms with Crippen LogP contribution in [-0.2, 0) is 11.2 Å². The summed E-state index contributed by atoms with van der Waals surface area (Å²) in [5.41, 5.74) is 1.18. The fourth-order valence-corrected chi connectivity index (χ4v) is 2.37. The Morgan fingerprint density at radius 3 is 2.84 bits per heavy atom. The van der Waals surface area contributed by atoms with E-state index in [1.165, 1.54) is 5.56 Å². The molecule has 0 aromatic heterocycles. The van der Waals surface area contributed by atoms with Crippen LogP contribution in [-0.4, -0.2) is 29.6 Å². The molecule has 1 unspecified atom stereocenters. The number of carbonyl (C=O) groups excluding carboxylic acids is 1. The minimum absolute atomic E-state index is 0.00359. The van der Waals surface area contributed by atoms with Crippen molar-refractivity contribution in [3.8, 4) is 5.75 Å². The lowest BCUT2D eigenvalue weighted by Crippen LogP contribution is -2.44. The van der Waals surface area contributed by atoms with E-state index in [1.807, 2.05) is 19.1 Å². The van der Waals surface area contributed by atoms with Crippen molar-refractivity contribution in [3.63, 3.8) is 0 Å². The molecule has 0 aliphatic carbocycles. The van der Waals surface area contributed by atoms with Crippen molar-refractivity contribution in [2.24, 2.45) is 0 Å². The number of phenols is 1. The molecule has 4 nitrogen and oxygen atoms in total. The lowest BCUT2D eigenvalue weighted by Gasteiger charge is -2.17. The second-order valence-electron chi connectivity index (χ2n) is 5.26. The molecule has 1 saturated heterocycles. The molecule has 0 bridgehead atoms. The van der Waals surface area contributed by atoms with Gasteiger partial charge in [-0.1, -0.05) is 12.1 Å². The first-order chi connectivity index (χ1) is 9.15. The molecular formula is C15H22N2O2. The molecular weight excluding hydrogens is 240 g/mol. The second kappa shape index (κ2) is 6.57. The Labute approximate surface area is 114 Å². The van der Waals surface area contributed by atoms with Crippen molar-refractivity contribution in [1.82, 2.24) is 10.6 Å². The van der Waals surface area contributed by atoms with Gasteiger partial charge in [0, 0.05) is 6.04 Å². The Morgan fingerprint density at radius 1 is 1.47 bits per heavy atom. The first-order valence-electron chi connectivity index (χ1n) is 6.97. The molecule has 2 rings (SSSR count). The maximum absolute atomic E-state index is 11.9. The number of amides is 1. The maximum Gasteiger partial charge on any atom is 0.237 e. The third-order valence-electron chi connectivity index (χ3n) is 3.57. The normalized spacial score (nSPS) is 20.2. The van der Waals surface area contributed by atoms with Crippen molar-refractivity contribution in [1.29, 1.82) is 0 Å². The van der Waals surface area contributed by atoms with Crippen LogP contribution in [0.2, 0.25) is 0 Å². The minimum Gasteiger partial charge on any atom is -0.508 e. The van der Waals surface area contributed by atoms with Crippen molar-refractivity contribution >= 4 is 5.91 Å². The highest BCUT2D eigenvalue weighted by molar-refractivity contribution is 5.82. The van der Waals surface area contributed by atoms with Crippen LogP contribution in [0.1, 0.15) is 31.7 Å². The molecule has 0 saturated carbocycles. The van der Waals surface area contributed by atoms with E-state index in [0.29, 0.717) is 0 Å². The van der Waals surface area contributed by atoms with E-state index in [-0.39, 0.29) is 23.7 Å². The highest BCUT2D eigenvalue weighted by Gasteiger charge is 2.22. The molecule has 1 aliphatic rings. The number of carbonyl (C=O) groups is 1. The SMILES string of the molecule is CC(CCc1ccc(O)cc1)NC(=O)[C@@H]1CCCN1. The second-order valence-corrected chi connectivity index (χ2v) is 5.26. The number of aromatic hydroxyl groups is 1. The van der Waals surface area contributed by atoms with Crippen LogP contribution < -0.4 is 10.6 Å². The average molecular weight is 262 g/mol. The third kappa shape index (κ3) is 4.24. The Bertz CT molecular complexity index is 411. The summed E-state index contributed by atoms with van der Waals surface area (Å²) >= 11 is 0. The third-order valence-corrected chi connectivity index (χ3v) is 3.57. The van der Waals surface area contributed by atoms with Crippen LogP contribution in [0, 0.1) is 0 Å². The van der Waals surface area contributed by atoms with Crippen molar-refractivity contribution in [2.75, 3.05) is 6.54 Å². The maximum atomic E-state index is 11.9. The van der Waals surface area contributed by atoms with Gasteiger partial charge in [-0.25, -0.2) is 0 Å². The van der Waals surface area contributed by atoms with Gasteiger partial charge in [-0.05, 0) is 56.8 Å². The summed E-state index contributed by atoms with van der Waals surface area (Å²) in [4.78, 5) is 11.9. The summed E-state index contributed by atoms with van der Waals surface area (Å²) in [7, 11) is 0. The van der Waals surface area contributed by atoms with Gasteiger partial charge in [-0.3, -0.25) is 4.79 Å². The van der Waals surface area contributed by atoms with Gasteiger partial charge in [0.2, 0.25) is 5.91 Å². The Hall–Kier alpha value is -1.55. The Balaban J connectivity index is 1.73. The number of hydrogen-bond acceptors (Lipinski definition) is 3. The molecule has 1 aliphatic heterocycles. The lowest BCUT2D eigenvalue weighted by molar-refractivity contribution is -0.123. The van der Waals surface area contributed by atoms with E-state index in [0.717, 1.165) is 32.2 Å².